The van der Waals surface area contributed by atoms with Crippen LogP contribution in [0, 0.1) is 0 Å². The number of urea groups is 1. The van der Waals surface area contributed by atoms with Crippen molar-refractivity contribution in [3.8, 4) is 0 Å². The molecule has 0 bridgehead atoms. The zero-order valence-corrected chi connectivity index (χ0v) is 11.8. The fourth-order valence-electron chi connectivity index (χ4n) is 1.35. The lowest BCUT2D eigenvalue weighted by atomic mass is 10.3. The molecule has 0 atom stereocenters. The molecule has 0 aliphatic heterocycles. The molecule has 2 amide bonds. The zero-order valence-electron chi connectivity index (χ0n) is 11.0. The highest BCUT2D eigenvalue weighted by atomic mass is 32.1. The summed E-state index contributed by atoms with van der Waals surface area (Å²) in [5.74, 6) is -1.08. The Kier molecular flexibility index (Phi) is 5.77. The Bertz CT molecular complexity index is 540. The summed E-state index contributed by atoms with van der Waals surface area (Å²) in [5, 5.41) is 11.9. The van der Waals surface area contributed by atoms with Gasteiger partial charge in [0.15, 0.2) is 0 Å². The van der Waals surface area contributed by atoms with E-state index in [1.54, 1.807) is 16.8 Å². The number of thiophene rings is 1. The number of nitrogens with zero attached hydrogens (tertiary/aromatic N) is 1. The van der Waals surface area contributed by atoms with E-state index in [9.17, 15) is 22.8 Å². The summed E-state index contributed by atoms with van der Waals surface area (Å²) < 4.78 is 35.9. The van der Waals surface area contributed by atoms with E-state index in [2.05, 4.69) is 0 Å². The molecule has 0 fully saturated rings. The standard InChI is InChI=1S/C12H13F3N2O3S/c1-17(11(20)16-7-12(13,14)15)5-9-4-8(6-21-9)2-3-10(18)19/h2-4,6H,5,7H2,1H3,(H,16,20)(H,18,19)/b3-2+. The second-order valence-electron chi connectivity index (χ2n) is 4.15. The number of alkyl halides is 3. The molecule has 0 radical (unpaired) electrons. The average Bonchev–Trinajstić information content (AvgIpc) is 2.80. The predicted molar refractivity (Wildman–Crippen MR) is 71.9 cm³/mol. The van der Waals surface area contributed by atoms with E-state index in [0.717, 1.165) is 15.9 Å². The van der Waals surface area contributed by atoms with Crippen LogP contribution in [0.5, 0.6) is 0 Å². The summed E-state index contributed by atoms with van der Waals surface area (Å²) in [4.78, 5) is 23.6. The Morgan fingerprint density at radius 2 is 2.14 bits per heavy atom. The number of rotatable bonds is 5. The van der Waals surface area contributed by atoms with Gasteiger partial charge in [0.2, 0.25) is 0 Å². The Labute approximate surface area is 122 Å². The SMILES string of the molecule is CN(Cc1cc(/C=C/C(=O)O)cs1)C(=O)NCC(F)(F)F. The van der Waals surface area contributed by atoms with Crippen molar-refractivity contribution >= 4 is 29.4 Å². The van der Waals surface area contributed by atoms with Gasteiger partial charge in [-0.3, -0.25) is 0 Å². The van der Waals surface area contributed by atoms with Gasteiger partial charge in [-0.05, 0) is 23.1 Å². The van der Waals surface area contributed by atoms with Crippen molar-refractivity contribution < 1.29 is 27.9 Å². The molecule has 0 aliphatic carbocycles. The number of carboxylic acid groups (broad SMARTS) is 1. The van der Waals surface area contributed by atoms with Gasteiger partial charge >= 0.3 is 18.2 Å². The van der Waals surface area contributed by atoms with E-state index in [4.69, 9.17) is 5.11 Å². The van der Waals surface area contributed by atoms with Crippen molar-refractivity contribution in [2.75, 3.05) is 13.6 Å². The molecule has 1 rings (SSSR count). The zero-order chi connectivity index (χ0) is 16.0. The van der Waals surface area contributed by atoms with Crippen LogP contribution >= 0.6 is 11.3 Å². The van der Waals surface area contributed by atoms with Crippen LogP contribution in [0.1, 0.15) is 10.4 Å². The number of carbonyl (C=O) groups excluding carboxylic acids is 1. The molecule has 1 aromatic rings. The minimum absolute atomic E-state index is 0.134. The van der Waals surface area contributed by atoms with E-state index in [0.29, 0.717) is 5.56 Å². The van der Waals surface area contributed by atoms with Crippen LogP contribution in [-0.4, -0.2) is 41.8 Å². The van der Waals surface area contributed by atoms with E-state index < -0.39 is 24.7 Å². The van der Waals surface area contributed by atoms with Gasteiger partial charge in [-0.2, -0.15) is 13.2 Å². The topological polar surface area (TPSA) is 69.6 Å². The van der Waals surface area contributed by atoms with E-state index >= 15 is 0 Å². The van der Waals surface area contributed by atoms with Crippen LogP contribution < -0.4 is 5.32 Å². The first-order chi connectivity index (χ1) is 9.67. The summed E-state index contributed by atoms with van der Waals surface area (Å²) in [6, 6.07) is 0.834. The lowest BCUT2D eigenvalue weighted by Crippen LogP contribution is -2.41. The first kappa shape index (κ1) is 17.0. The number of hydrogen-bond acceptors (Lipinski definition) is 3. The molecule has 0 unspecified atom stereocenters. The van der Waals surface area contributed by atoms with Crippen molar-refractivity contribution in [2.45, 2.75) is 12.7 Å². The highest BCUT2D eigenvalue weighted by Crippen LogP contribution is 2.18. The van der Waals surface area contributed by atoms with Gasteiger partial charge in [0, 0.05) is 18.0 Å². The van der Waals surface area contributed by atoms with Gasteiger partial charge in [-0.25, -0.2) is 9.59 Å². The fraction of sp³-hybridized carbons (Fsp3) is 0.333. The molecular weight excluding hydrogens is 309 g/mol. The van der Waals surface area contributed by atoms with Crippen molar-refractivity contribution in [3.63, 3.8) is 0 Å². The first-order valence-electron chi connectivity index (χ1n) is 5.71. The van der Waals surface area contributed by atoms with Crippen LogP contribution in [0.25, 0.3) is 6.08 Å². The molecule has 2 N–H and O–H groups in total. The minimum Gasteiger partial charge on any atom is -0.478 e. The lowest BCUT2D eigenvalue weighted by molar-refractivity contribution is -0.131. The molecular formula is C12H13F3N2O3S. The quantitative estimate of drug-likeness (QED) is 0.819. The number of carbonyl (C=O) groups is 2. The summed E-state index contributed by atoms with van der Waals surface area (Å²) >= 11 is 1.28. The molecule has 1 heterocycles. The summed E-state index contributed by atoms with van der Waals surface area (Å²) in [7, 11) is 1.37. The Morgan fingerprint density at radius 3 is 2.71 bits per heavy atom. The largest absolute Gasteiger partial charge is 0.478 e. The number of nitrogens with one attached hydrogen (secondary N) is 1. The van der Waals surface area contributed by atoms with Crippen LogP contribution in [0.15, 0.2) is 17.5 Å². The van der Waals surface area contributed by atoms with Crippen molar-refractivity contribution in [1.82, 2.24) is 10.2 Å². The molecule has 9 heteroatoms. The molecule has 5 nitrogen and oxygen atoms in total. The first-order valence-corrected chi connectivity index (χ1v) is 6.59. The van der Waals surface area contributed by atoms with E-state index in [-0.39, 0.29) is 6.54 Å². The van der Waals surface area contributed by atoms with E-state index in [1.807, 2.05) is 0 Å². The molecule has 116 valence electrons. The van der Waals surface area contributed by atoms with Crippen LogP contribution in [-0.2, 0) is 11.3 Å². The lowest BCUT2D eigenvalue weighted by Gasteiger charge is -2.17. The third kappa shape index (κ3) is 6.80. The van der Waals surface area contributed by atoms with Gasteiger partial charge < -0.3 is 15.3 Å². The van der Waals surface area contributed by atoms with Gasteiger partial charge in [-0.15, -0.1) is 11.3 Å². The highest BCUT2D eigenvalue weighted by Gasteiger charge is 2.28. The molecule has 0 saturated heterocycles. The number of amides is 2. The summed E-state index contributed by atoms with van der Waals surface area (Å²) in [6.07, 6.45) is -2.08. The number of halogens is 3. The summed E-state index contributed by atoms with van der Waals surface area (Å²) in [6.45, 7) is -1.25. The van der Waals surface area contributed by atoms with Crippen molar-refractivity contribution in [2.24, 2.45) is 0 Å². The predicted octanol–water partition coefficient (Wildman–Crippen LogP) is 2.55. The second kappa shape index (κ2) is 7.11. The van der Waals surface area contributed by atoms with E-state index in [1.165, 1.54) is 24.5 Å². The maximum atomic E-state index is 12.0. The fourth-order valence-corrected chi connectivity index (χ4v) is 2.26. The Balaban J connectivity index is 2.53. The number of aliphatic carboxylic acids is 1. The number of hydrogen-bond donors (Lipinski definition) is 2. The summed E-state index contributed by atoms with van der Waals surface area (Å²) in [5.41, 5.74) is 0.654. The molecule has 0 spiro atoms. The normalized spacial score (nSPS) is 11.6. The van der Waals surface area contributed by atoms with Gasteiger partial charge in [0.05, 0.1) is 6.54 Å². The maximum absolute atomic E-state index is 12.0. The van der Waals surface area contributed by atoms with Crippen molar-refractivity contribution in [1.29, 1.82) is 0 Å². The molecule has 0 saturated carbocycles. The molecule has 21 heavy (non-hydrogen) atoms. The molecule has 0 aliphatic rings. The Morgan fingerprint density at radius 1 is 1.48 bits per heavy atom. The third-order valence-corrected chi connectivity index (χ3v) is 3.21. The van der Waals surface area contributed by atoms with Gasteiger partial charge in [0.25, 0.3) is 0 Å². The van der Waals surface area contributed by atoms with Crippen LogP contribution in [0.3, 0.4) is 0 Å². The highest BCUT2D eigenvalue weighted by molar-refractivity contribution is 7.10. The van der Waals surface area contributed by atoms with Crippen LogP contribution in [0.2, 0.25) is 0 Å². The van der Waals surface area contributed by atoms with Gasteiger partial charge in [0.1, 0.15) is 6.54 Å². The number of carboxylic acids is 1. The second-order valence-corrected chi connectivity index (χ2v) is 5.14. The third-order valence-electron chi connectivity index (χ3n) is 2.27. The van der Waals surface area contributed by atoms with Gasteiger partial charge in [-0.1, -0.05) is 0 Å². The van der Waals surface area contributed by atoms with Crippen LogP contribution in [0.4, 0.5) is 18.0 Å². The van der Waals surface area contributed by atoms with Crippen molar-refractivity contribution in [3.05, 3.63) is 28.0 Å². The minimum atomic E-state index is -4.45. The monoisotopic (exact) mass is 322 g/mol. The smallest absolute Gasteiger partial charge is 0.405 e. The average molecular weight is 322 g/mol. The molecule has 0 aromatic carbocycles. The Hall–Kier alpha value is -2.03. The molecule has 1 aromatic heterocycles. The maximum Gasteiger partial charge on any atom is 0.405 e.